The van der Waals surface area contributed by atoms with Gasteiger partial charge in [0.05, 0.1) is 13.5 Å². The number of carbonyl (C=O) groups is 1. The summed E-state index contributed by atoms with van der Waals surface area (Å²) in [7, 11) is 1.24. The SMILES string of the molecule is COC(=O)Cc1ccnc(C(F)F)c1CN. The molecule has 0 unspecified atom stereocenters. The van der Waals surface area contributed by atoms with Crippen molar-refractivity contribution in [2.75, 3.05) is 7.11 Å². The molecule has 0 spiro atoms. The first-order chi connectivity index (χ1) is 7.60. The summed E-state index contributed by atoms with van der Waals surface area (Å²) in [4.78, 5) is 14.6. The number of methoxy groups -OCH3 is 1. The number of nitrogens with zero attached hydrogens (tertiary/aromatic N) is 1. The summed E-state index contributed by atoms with van der Waals surface area (Å²) in [5.41, 5.74) is 5.65. The van der Waals surface area contributed by atoms with Gasteiger partial charge in [0.25, 0.3) is 6.43 Å². The van der Waals surface area contributed by atoms with Crippen LogP contribution in [0.5, 0.6) is 0 Å². The maximum atomic E-state index is 12.6. The molecule has 1 heterocycles. The van der Waals surface area contributed by atoms with Gasteiger partial charge in [0.2, 0.25) is 0 Å². The smallest absolute Gasteiger partial charge is 0.309 e. The maximum absolute atomic E-state index is 12.6. The third-order valence-electron chi connectivity index (χ3n) is 2.16. The van der Waals surface area contributed by atoms with Gasteiger partial charge in [-0.05, 0) is 17.2 Å². The Balaban J connectivity index is 3.08. The predicted molar refractivity (Wildman–Crippen MR) is 52.8 cm³/mol. The molecule has 16 heavy (non-hydrogen) atoms. The topological polar surface area (TPSA) is 65.2 Å². The predicted octanol–water partition coefficient (Wildman–Crippen LogP) is 1.19. The zero-order valence-electron chi connectivity index (χ0n) is 8.74. The Morgan fingerprint density at radius 2 is 2.31 bits per heavy atom. The van der Waals surface area contributed by atoms with Gasteiger partial charge in [-0.2, -0.15) is 0 Å². The summed E-state index contributed by atoms with van der Waals surface area (Å²) in [6.07, 6.45) is -1.54. The molecule has 6 heteroatoms. The van der Waals surface area contributed by atoms with Crippen LogP contribution >= 0.6 is 0 Å². The number of rotatable bonds is 4. The van der Waals surface area contributed by atoms with Crippen molar-refractivity contribution in [3.63, 3.8) is 0 Å². The van der Waals surface area contributed by atoms with Crippen LogP contribution in [0, 0.1) is 0 Å². The third kappa shape index (κ3) is 2.73. The van der Waals surface area contributed by atoms with Crippen molar-refractivity contribution in [2.45, 2.75) is 19.4 Å². The Hall–Kier alpha value is -1.56. The molecule has 0 bridgehead atoms. The Morgan fingerprint density at radius 1 is 1.62 bits per heavy atom. The van der Waals surface area contributed by atoms with E-state index in [9.17, 15) is 13.6 Å². The standard InChI is InChI=1S/C10H12F2N2O2/c1-16-8(15)4-6-2-3-14-9(10(11)12)7(6)5-13/h2-3,10H,4-5,13H2,1H3. The number of esters is 1. The van der Waals surface area contributed by atoms with Gasteiger partial charge < -0.3 is 10.5 Å². The Labute approximate surface area is 91.4 Å². The zero-order chi connectivity index (χ0) is 12.1. The van der Waals surface area contributed by atoms with Crippen LogP contribution in [0.4, 0.5) is 8.78 Å². The monoisotopic (exact) mass is 230 g/mol. The minimum Gasteiger partial charge on any atom is -0.469 e. The molecule has 0 saturated heterocycles. The fourth-order valence-corrected chi connectivity index (χ4v) is 1.37. The molecule has 0 saturated carbocycles. The van der Waals surface area contributed by atoms with E-state index in [0.29, 0.717) is 5.56 Å². The summed E-state index contributed by atoms with van der Waals surface area (Å²) < 4.78 is 29.6. The maximum Gasteiger partial charge on any atom is 0.309 e. The lowest BCUT2D eigenvalue weighted by molar-refractivity contribution is -0.139. The molecule has 4 nitrogen and oxygen atoms in total. The highest BCUT2D eigenvalue weighted by Crippen LogP contribution is 2.23. The summed E-state index contributed by atoms with van der Waals surface area (Å²) in [5, 5.41) is 0. The van der Waals surface area contributed by atoms with Crippen molar-refractivity contribution in [3.05, 3.63) is 29.1 Å². The van der Waals surface area contributed by atoms with Crippen molar-refractivity contribution in [1.82, 2.24) is 4.98 Å². The number of halogens is 2. The number of hydrogen-bond acceptors (Lipinski definition) is 4. The summed E-state index contributed by atoms with van der Waals surface area (Å²) in [5.74, 6) is -0.499. The van der Waals surface area contributed by atoms with Crippen LogP contribution < -0.4 is 5.73 Å². The quantitative estimate of drug-likeness (QED) is 0.789. The van der Waals surface area contributed by atoms with E-state index in [2.05, 4.69) is 9.72 Å². The molecule has 0 aromatic carbocycles. The van der Waals surface area contributed by atoms with Crippen LogP contribution in [0.1, 0.15) is 23.2 Å². The highest BCUT2D eigenvalue weighted by atomic mass is 19.3. The highest BCUT2D eigenvalue weighted by molar-refractivity contribution is 5.72. The van der Waals surface area contributed by atoms with E-state index in [1.165, 1.54) is 19.4 Å². The van der Waals surface area contributed by atoms with E-state index in [-0.39, 0.29) is 24.2 Å². The van der Waals surface area contributed by atoms with Crippen LogP contribution in [-0.4, -0.2) is 18.1 Å². The van der Waals surface area contributed by atoms with Gasteiger partial charge in [0.15, 0.2) is 0 Å². The van der Waals surface area contributed by atoms with Gasteiger partial charge in [0, 0.05) is 12.7 Å². The molecule has 1 rings (SSSR count). The van der Waals surface area contributed by atoms with E-state index < -0.39 is 12.4 Å². The van der Waals surface area contributed by atoms with Gasteiger partial charge in [0.1, 0.15) is 5.69 Å². The average Bonchev–Trinajstić information content (AvgIpc) is 2.28. The van der Waals surface area contributed by atoms with E-state index in [0.717, 1.165) is 0 Å². The molecule has 0 amide bonds. The first-order valence-electron chi connectivity index (χ1n) is 4.61. The lowest BCUT2D eigenvalue weighted by Crippen LogP contribution is -2.12. The van der Waals surface area contributed by atoms with E-state index in [1.807, 2.05) is 0 Å². The van der Waals surface area contributed by atoms with Gasteiger partial charge in [-0.3, -0.25) is 9.78 Å². The molecule has 0 aliphatic heterocycles. The van der Waals surface area contributed by atoms with Crippen molar-refractivity contribution in [3.8, 4) is 0 Å². The molecular weight excluding hydrogens is 218 g/mol. The number of alkyl halides is 2. The normalized spacial score (nSPS) is 10.6. The minimum absolute atomic E-state index is 0.0781. The number of hydrogen-bond donors (Lipinski definition) is 1. The number of aromatic nitrogens is 1. The number of carbonyl (C=O) groups excluding carboxylic acids is 1. The van der Waals surface area contributed by atoms with Crippen molar-refractivity contribution in [1.29, 1.82) is 0 Å². The van der Waals surface area contributed by atoms with Crippen molar-refractivity contribution in [2.24, 2.45) is 5.73 Å². The van der Waals surface area contributed by atoms with E-state index in [1.54, 1.807) is 0 Å². The molecule has 0 atom stereocenters. The molecule has 1 aromatic rings. The van der Waals surface area contributed by atoms with Crippen molar-refractivity contribution < 1.29 is 18.3 Å². The number of nitrogens with two attached hydrogens (primary N) is 1. The summed E-state index contributed by atoms with van der Waals surface area (Å²) >= 11 is 0. The largest absolute Gasteiger partial charge is 0.469 e. The Morgan fingerprint density at radius 3 is 2.81 bits per heavy atom. The summed E-state index contributed by atoms with van der Waals surface area (Å²) in [6.45, 7) is -0.0835. The molecule has 0 radical (unpaired) electrons. The van der Waals surface area contributed by atoms with Gasteiger partial charge >= 0.3 is 5.97 Å². The van der Waals surface area contributed by atoms with Crippen LogP contribution in [-0.2, 0) is 22.5 Å². The highest BCUT2D eigenvalue weighted by Gasteiger charge is 2.18. The zero-order valence-corrected chi connectivity index (χ0v) is 8.74. The van der Waals surface area contributed by atoms with E-state index in [4.69, 9.17) is 5.73 Å². The fraction of sp³-hybridized carbons (Fsp3) is 0.400. The lowest BCUT2D eigenvalue weighted by Gasteiger charge is -2.10. The number of pyridine rings is 1. The first kappa shape index (κ1) is 12.5. The van der Waals surface area contributed by atoms with Crippen LogP contribution in [0.3, 0.4) is 0 Å². The number of ether oxygens (including phenoxy) is 1. The fourth-order valence-electron chi connectivity index (χ4n) is 1.37. The molecule has 0 aliphatic rings. The molecular formula is C10H12F2N2O2. The Bertz CT molecular complexity index is 383. The second-order valence-corrected chi connectivity index (χ2v) is 3.09. The van der Waals surface area contributed by atoms with Crippen LogP contribution in [0.25, 0.3) is 0 Å². The van der Waals surface area contributed by atoms with Crippen LogP contribution in [0.15, 0.2) is 12.3 Å². The van der Waals surface area contributed by atoms with Crippen LogP contribution in [0.2, 0.25) is 0 Å². The lowest BCUT2D eigenvalue weighted by atomic mass is 10.0. The van der Waals surface area contributed by atoms with E-state index >= 15 is 0 Å². The average molecular weight is 230 g/mol. The third-order valence-corrected chi connectivity index (χ3v) is 2.16. The van der Waals surface area contributed by atoms with Gasteiger partial charge in [-0.1, -0.05) is 0 Å². The summed E-state index contributed by atoms with van der Waals surface area (Å²) in [6, 6.07) is 1.49. The molecule has 0 fully saturated rings. The van der Waals surface area contributed by atoms with Gasteiger partial charge in [-0.15, -0.1) is 0 Å². The Kier molecular flexibility index (Phi) is 4.30. The minimum atomic E-state index is -2.70. The molecule has 1 aromatic heterocycles. The second kappa shape index (κ2) is 5.50. The molecule has 2 N–H and O–H groups in total. The van der Waals surface area contributed by atoms with Crippen molar-refractivity contribution >= 4 is 5.97 Å². The molecule has 88 valence electrons. The second-order valence-electron chi connectivity index (χ2n) is 3.09. The molecule has 0 aliphatic carbocycles. The van der Waals surface area contributed by atoms with Gasteiger partial charge in [-0.25, -0.2) is 8.78 Å². The first-order valence-corrected chi connectivity index (χ1v) is 4.61.